The highest BCUT2D eigenvalue weighted by atomic mass is 32.1. The van der Waals surface area contributed by atoms with E-state index >= 15 is 0 Å². The van der Waals surface area contributed by atoms with E-state index in [1.54, 1.807) is 17.6 Å². The van der Waals surface area contributed by atoms with Crippen molar-refractivity contribution in [2.24, 2.45) is 11.0 Å². The molecular formula is C13H14N4OS. The molecule has 2 aromatic heterocycles. The van der Waals surface area contributed by atoms with Crippen LogP contribution in [0.25, 0.3) is 0 Å². The van der Waals surface area contributed by atoms with E-state index in [1.807, 2.05) is 23.6 Å². The van der Waals surface area contributed by atoms with Crippen molar-refractivity contribution in [2.75, 3.05) is 5.43 Å². The van der Waals surface area contributed by atoms with Gasteiger partial charge in [0.25, 0.3) is 5.88 Å². The largest absolute Gasteiger partial charge is 0.422 e. The number of nitriles is 1. The molecule has 0 fully saturated rings. The average Bonchev–Trinajstić information content (AvgIpc) is 2.98. The van der Waals surface area contributed by atoms with Crippen LogP contribution in [0, 0.1) is 17.2 Å². The van der Waals surface area contributed by atoms with Gasteiger partial charge in [-0.25, -0.2) is 10.4 Å². The van der Waals surface area contributed by atoms with Gasteiger partial charge < -0.3 is 4.42 Å². The summed E-state index contributed by atoms with van der Waals surface area (Å²) in [5.41, 5.74) is 2.96. The van der Waals surface area contributed by atoms with Crippen molar-refractivity contribution >= 4 is 23.4 Å². The molecule has 98 valence electrons. The first-order valence-electron chi connectivity index (χ1n) is 5.91. The lowest BCUT2D eigenvalue weighted by atomic mass is 10.1. The molecule has 0 aliphatic heterocycles. The fourth-order valence-corrected chi connectivity index (χ4v) is 2.06. The van der Waals surface area contributed by atoms with E-state index in [0.29, 0.717) is 24.1 Å². The normalized spacial score (nSPS) is 11.1. The molecule has 0 atom stereocenters. The summed E-state index contributed by atoms with van der Waals surface area (Å²) in [6.07, 6.45) is 2.38. The lowest BCUT2D eigenvalue weighted by Crippen LogP contribution is -1.93. The number of thiophene rings is 1. The number of hydrogen-bond acceptors (Lipinski definition) is 6. The standard InChI is InChI=1S/C13H14N4OS/c1-9(2)6-12-16-11(7-14)13(18-12)17-15-8-10-4-3-5-19-10/h3-5,8-9,17H,6H2,1-2H3/b15-8-. The first-order chi connectivity index (χ1) is 9.19. The molecule has 0 aliphatic rings. The molecule has 2 aromatic rings. The molecule has 5 nitrogen and oxygen atoms in total. The van der Waals surface area contributed by atoms with E-state index in [0.717, 1.165) is 4.88 Å². The number of anilines is 1. The molecule has 19 heavy (non-hydrogen) atoms. The lowest BCUT2D eigenvalue weighted by molar-refractivity contribution is 0.466. The Morgan fingerprint density at radius 2 is 2.47 bits per heavy atom. The highest BCUT2D eigenvalue weighted by molar-refractivity contribution is 7.11. The third-order valence-corrected chi connectivity index (χ3v) is 3.07. The van der Waals surface area contributed by atoms with Gasteiger partial charge in [0.1, 0.15) is 6.07 Å². The number of oxazole rings is 1. The fraction of sp³-hybridized carbons (Fsp3) is 0.308. The zero-order chi connectivity index (χ0) is 13.7. The molecule has 0 saturated heterocycles. The van der Waals surface area contributed by atoms with Gasteiger partial charge in [0.2, 0.25) is 5.69 Å². The Morgan fingerprint density at radius 1 is 1.63 bits per heavy atom. The number of rotatable bonds is 5. The zero-order valence-electron chi connectivity index (χ0n) is 10.8. The van der Waals surface area contributed by atoms with Gasteiger partial charge >= 0.3 is 0 Å². The molecule has 2 heterocycles. The SMILES string of the molecule is CC(C)Cc1nc(C#N)c(N/N=C\c2cccs2)o1. The summed E-state index contributed by atoms with van der Waals surface area (Å²) in [5.74, 6) is 1.28. The van der Waals surface area contributed by atoms with Crippen molar-refractivity contribution in [3.63, 3.8) is 0 Å². The van der Waals surface area contributed by atoms with E-state index in [-0.39, 0.29) is 5.69 Å². The molecule has 0 aliphatic carbocycles. The summed E-state index contributed by atoms with van der Waals surface area (Å²) in [6, 6.07) is 5.89. The van der Waals surface area contributed by atoms with Crippen LogP contribution in [0.4, 0.5) is 5.88 Å². The molecule has 0 amide bonds. The van der Waals surface area contributed by atoms with Gasteiger partial charge in [-0.2, -0.15) is 10.4 Å². The summed E-state index contributed by atoms with van der Waals surface area (Å²) in [6.45, 7) is 4.14. The van der Waals surface area contributed by atoms with Crippen molar-refractivity contribution in [1.82, 2.24) is 4.98 Å². The van der Waals surface area contributed by atoms with Crippen LogP contribution in [0.15, 0.2) is 27.0 Å². The number of nitrogens with one attached hydrogen (secondary N) is 1. The third kappa shape index (κ3) is 3.66. The Morgan fingerprint density at radius 3 is 3.11 bits per heavy atom. The van der Waals surface area contributed by atoms with E-state index in [4.69, 9.17) is 9.68 Å². The zero-order valence-corrected chi connectivity index (χ0v) is 11.6. The maximum atomic E-state index is 8.99. The quantitative estimate of drug-likeness (QED) is 0.671. The average molecular weight is 274 g/mol. The number of aromatic nitrogens is 1. The van der Waals surface area contributed by atoms with Gasteiger partial charge in [0, 0.05) is 11.3 Å². The second-order valence-electron chi connectivity index (χ2n) is 4.38. The van der Waals surface area contributed by atoms with Crippen LogP contribution < -0.4 is 5.43 Å². The Labute approximate surface area is 115 Å². The van der Waals surface area contributed by atoms with Gasteiger partial charge in [0.05, 0.1) is 6.21 Å². The molecular weight excluding hydrogens is 260 g/mol. The molecule has 2 rings (SSSR count). The maximum Gasteiger partial charge on any atom is 0.252 e. The molecule has 0 saturated carbocycles. The van der Waals surface area contributed by atoms with Crippen LogP contribution >= 0.6 is 11.3 Å². The summed E-state index contributed by atoms with van der Waals surface area (Å²) in [7, 11) is 0. The van der Waals surface area contributed by atoms with Crippen LogP contribution in [0.3, 0.4) is 0 Å². The minimum atomic E-state index is 0.235. The minimum absolute atomic E-state index is 0.235. The molecule has 1 N–H and O–H groups in total. The monoisotopic (exact) mass is 274 g/mol. The number of hydrazone groups is 1. The Bertz CT molecular complexity index is 593. The van der Waals surface area contributed by atoms with Crippen LogP contribution in [0.1, 0.15) is 30.3 Å². The molecule has 0 unspecified atom stereocenters. The van der Waals surface area contributed by atoms with Crippen molar-refractivity contribution in [1.29, 1.82) is 5.26 Å². The van der Waals surface area contributed by atoms with Crippen LogP contribution in [-0.2, 0) is 6.42 Å². The predicted molar refractivity (Wildman–Crippen MR) is 75.3 cm³/mol. The second kappa shape index (κ2) is 6.16. The van der Waals surface area contributed by atoms with Gasteiger partial charge in [-0.1, -0.05) is 19.9 Å². The van der Waals surface area contributed by atoms with Crippen molar-refractivity contribution in [3.8, 4) is 6.07 Å². The van der Waals surface area contributed by atoms with Gasteiger partial charge in [-0.3, -0.25) is 0 Å². The Kier molecular flexibility index (Phi) is 4.31. The topological polar surface area (TPSA) is 74.2 Å². The molecule has 0 bridgehead atoms. The van der Waals surface area contributed by atoms with E-state index in [2.05, 4.69) is 29.4 Å². The third-order valence-electron chi connectivity index (χ3n) is 2.26. The Hall–Kier alpha value is -2.13. The summed E-state index contributed by atoms with van der Waals surface area (Å²) >= 11 is 1.58. The first-order valence-corrected chi connectivity index (χ1v) is 6.79. The van der Waals surface area contributed by atoms with Crippen molar-refractivity contribution < 1.29 is 4.42 Å². The number of hydrogen-bond donors (Lipinski definition) is 1. The summed E-state index contributed by atoms with van der Waals surface area (Å²) < 4.78 is 5.48. The first kappa shape index (κ1) is 13.3. The second-order valence-corrected chi connectivity index (χ2v) is 5.36. The molecule has 0 aromatic carbocycles. The molecule has 6 heteroatoms. The maximum absolute atomic E-state index is 8.99. The highest BCUT2D eigenvalue weighted by Gasteiger charge is 2.13. The van der Waals surface area contributed by atoms with Crippen molar-refractivity contribution in [3.05, 3.63) is 34.0 Å². The van der Waals surface area contributed by atoms with Gasteiger partial charge in [-0.05, 0) is 17.4 Å². The molecule has 0 radical (unpaired) electrons. The summed E-state index contributed by atoms with van der Waals surface area (Å²) in [4.78, 5) is 5.14. The summed E-state index contributed by atoms with van der Waals surface area (Å²) in [5, 5.41) is 15.0. The highest BCUT2D eigenvalue weighted by Crippen LogP contribution is 2.18. The predicted octanol–water partition coefficient (Wildman–Crippen LogP) is 3.25. The van der Waals surface area contributed by atoms with Crippen LogP contribution in [-0.4, -0.2) is 11.2 Å². The smallest absolute Gasteiger partial charge is 0.252 e. The van der Waals surface area contributed by atoms with Gasteiger partial charge in [0.15, 0.2) is 5.89 Å². The lowest BCUT2D eigenvalue weighted by Gasteiger charge is -1.97. The van der Waals surface area contributed by atoms with Gasteiger partial charge in [-0.15, -0.1) is 11.3 Å². The van der Waals surface area contributed by atoms with Crippen molar-refractivity contribution in [2.45, 2.75) is 20.3 Å². The van der Waals surface area contributed by atoms with Crippen LogP contribution in [0.2, 0.25) is 0 Å². The number of nitrogens with zero attached hydrogens (tertiary/aromatic N) is 3. The molecule has 0 spiro atoms. The Balaban J connectivity index is 2.07. The van der Waals surface area contributed by atoms with E-state index in [9.17, 15) is 0 Å². The minimum Gasteiger partial charge on any atom is -0.422 e. The van der Waals surface area contributed by atoms with E-state index < -0.39 is 0 Å². The fourth-order valence-electron chi connectivity index (χ4n) is 1.47. The van der Waals surface area contributed by atoms with Crippen LogP contribution in [0.5, 0.6) is 0 Å². The van der Waals surface area contributed by atoms with E-state index in [1.165, 1.54) is 0 Å².